The molecule has 3 heterocycles. The molecule has 0 bridgehead atoms. The maximum absolute atomic E-state index is 11.8. The Morgan fingerprint density at radius 2 is 1.90 bits per heavy atom. The average molecular weight is 444 g/mol. The van der Waals surface area contributed by atoms with Gasteiger partial charge < -0.3 is 18.9 Å². The summed E-state index contributed by atoms with van der Waals surface area (Å²) in [6.07, 6.45) is -1.27. The van der Waals surface area contributed by atoms with Gasteiger partial charge in [-0.3, -0.25) is 18.3 Å². The summed E-state index contributed by atoms with van der Waals surface area (Å²) in [5.41, 5.74) is 0.314. The van der Waals surface area contributed by atoms with Crippen molar-refractivity contribution < 1.29 is 41.1 Å². The predicted molar refractivity (Wildman–Crippen MR) is 96.8 cm³/mol. The van der Waals surface area contributed by atoms with Gasteiger partial charge in [-0.05, 0) is 0 Å². The monoisotopic (exact) mass is 444 g/mol. The summed E-state index contributed by atoms with van der Waals surface area (Å²) in [6.45, 7) is 2.00. The summed E-state index contributed by atoms with van der Waals surface area (Å²) < 4.78 is 51.7. The molecule has 0 aromatic rings. The van der Waals surface area contributed by atoms with Gasteiger partial charge in [0.2, 0.25) is 5.88 Å². The van der Waals surface area contributed by atoms with Crippen molar-refractivity contribution in [1.82, 2.24) is 19.5 Å². The highest BCUT2D eigenvalue weighted by atomic mass is 32.2. The van der Waals surface area contributed by atoms with Gasteiger partial charge in [0, 0.05) is 13.8 Å². The zero-order valence-electron chi connectivity index (χ0n) is 16.5. The van der Waals surface area contributed by atoms with Gasteiger partial charge in [0.05, 0.1) is 13.4 Å². The third-order valence-electron chi connectivity index (χ3n) is 4.11. The van der Waals surface area contributed by atoms with E-state index in [1.54, 1.807) is 0 Å². The van der Waals surface area contributed by atoms with Crippen molar-refractivity contribution in [3.8, 4) is 17.4 Å². The number of rotatable bonds is 7. The van der Waals surface area contributed by atoms with E-state index in [4.69, 9.17) is 23.1 Å². The molecule has 30 heavy (non-hydrogen) atoms. The molecule has 0 unspecified atom stereocenters. The first kappa shape index (κ1) is 21.9. The lowest BCUT2D eigenvalue weighted by atomic mass is 10.1. The third-order valence-corrected chi connectivity index (χ3v) is 4.68. The van der Waals surface area contributed by atoms with Crippen molar-refractivity contribution in [2.75, 3.05) is 20.0 Å². The molecule has 0 N–H and O–H groups in total. The van der Waals surface area contributed by atoms with Crippen molar-refractivity contribution in [1.29, 1.82) is 0 Å². The molecule has 3 rings (SSSR count). The Labute approximate surface area is 171 Å². The second kappa shape index (κ2) is 8.49. The van der Waals surface area contributed by atoms with Gasteiger partial charge >= 0.3 is 11.9 Å². The number of nitrogens with zero attached hydrogens (tertiary/aromatic N) is 4. The largest absolute Gasteiger partial charge is 0.480 e. The molecule has 1 fully saturated rings. The molecule has 0 aliphatic carbocycles. The number of ether oxygens (including phenoxy) is 4. The number of imidazole rings is 1. The van der Waals surface area contributed by atoms with Crippen LogP contribution < -0.4 is 4.74 Å². The van der Waals surface area contributed by atoms with Gasteiger partial charge in [0.1, 0.15) is 31.5 Å². The number of hydrogen-bond donors (Lipinski definition) is 0. The van der Waals surface area contributed by atoms with Gasteiger partial charge in [-0.1, -0.05) is 0 Å². The maximum Gasteiger partial charge on any atom is 0.303 e. The number of methoxy groups -OCH3 is 1. The van der Waals surface area contributed by atoms with Crippen LogP contribution in [0.25, 0.3) is 11.5 Å². The van der Waals surface area contributed by atoms with E-state index in [0.717, 1.165) is 13.2 Å². The summed E-state index contributed by atoms with van der Waals surface area (Å²) in [4.78, 5) is 35.2. The quantitative estimate of drug-likeness (QED) is 0.399. The molecular weight excluding hydrogens is 424 g/mol. The fourth-order valence-corrected chi connectivity index (χ4v) is 3.72. The molecule has 3 aliphatic heterocycles. The molecule has 0 radical (unpaired) electrons. The zero-order chi connectivity index (χ0) is 22.1. The first-order valence-corrected chi connectivity index (χ1v) is 10.5. The van der Waals surface area contributed by atoms with Gasteiger partial charge in [-0.25, -0.2) is 15.0 Å². The van der Waals surface area contributed by atoms with Gasteiger partial charge in [-0.2, -0.15) is 8.42 Å². The van der Waals surface area contributed by atoms with Crippen LogP contribution in [0.2, 0.25) is 0 Å². The minimum atomic E-state index is -3.99. The van der Waals surface area contributed by atoms with Gasteiger partial charge in [0.15, 0.2) is 23.9 Å². The number of esters is 2. The highest BCUT2D eigenvalue weighted by Gasteiger charge is 2.51. The predicted octanol–water partition coefficient (Wildman–Crippen LogP) is -0.476. The molecular formula is C16H20N4O9S. The average Bonchev–Trinajstić information content (AvgIpc) is 3.23. The summed E-state index contributed by atoms with van der Waals surface area (Å²) in [5, 5.41) is 0. The maximum atomic E-state index is 11.8. The van der Waals surface area contributed by atoms with Gasteiger partial charge in [-0.15, -0.1) is 0 Å². The Hall–Kier alpha value is -2.84. The Balaban J connectivity index is 2.06. The summed E-state index contributed by atoms with van der Waals surface area (Å²) in [6, 6.07) is 0. The second-order valence-corrected chi connectivity index (χ2v) is 8.01. The Kier molecular flexibility index (Phi) is 6.19. The summed E-state index contributed by atoms with van der Waals surface area (Å²) in [7, 11) is -2.60. The van der Waals surface area contributed by atoms with Crippen LogP contribution in [0.1, 0.15) is 20.1 Å². The minimum absolute atomic E-state index is 0.186. The van der Waals surface area contributed by atoms with Crippen LogP contribution in [0.3, 0.4) is 0 Å². The van der Waals surface area contributed by atoms with Crippen LogP contribution in [0.15, 0.2) is 12.7 Å². The lowest BCUT2D eigenvalue weighted by Crippen LogP contribution is -2.40. The number of aromatic nitrogens is 4. The van der Waals surface area contributed by atoms with E-state index in [0.29, 0.717) is 11.5 Å². The molecule has 0 aromatic heterocycles. The fourth-order valence-electron chi connectivity index (χ4n) is 3.08. The third kappa shape index (κ3) is 4.66. The second-order valence-electron chi connectivity index (χ2n) is 6.41. The van der Waals surface area contributed by atoms with Crippen molar-refractivity contribution in [2.45, 2.75) is 38.4 Å². The number of fused-ring (bicyclic) bond motifs is 1. The zero-order valence-corrected chi connectivity index (χ0v) is 17.4. The Morgan fingerprint density at radius 3 is 2.50 bits per heavy atom. The van der Waals surface area contributed by atoms with E-state index in [2.05, 4.69) is 15.0 Å². The molecule has 4 atom stereocenters. The van der Waals surface area contributed by atoms with E-state index in [1.165, 1.54) is 31.3 Å². The topological polar surface area (TPSA) is 158 Å². The molecule has 164 valence electrons. The number of carbonyl (C=O) groups excluding carboxylic acids is 2. The lowest BCUT2D eigenvalue weighted by molar-refractivity contribution is -0.155. The smallest absolute Gasteiger partial charge is 0.303 e. The van der Waals surface area contributed by atoms with Crippen LogP contribution in [-0.4, -0.2) is 78.2 Å². The van der Waals surface area contributed by atoms with E-state index >= 15 is 0 Å². The fraction of sp³-hybridized carbons (Fsp3) is 0.562. The Bertz CT molecular complexity index is 1010. The van der Waals surface area contributed by atoms with Crippen molar-refractivity contribution in [3.63, 3.8) is 0 Å². The van der Waals surface area contributed by atoms with E-state index in [-0.39, 0.29) is 12.5 Å². The van der Waals surface area contributed by atoms with Crippen molar-refractivity contribution in [2.24, 2.45) is 0 Å². The molecule has 14 heteroatoms. The molecule has 3 aliphatic rings. The van der Waals surface area contributed by atoms with Crippen molar-refractivity contribution >= 4 is 22.1 Å². The van der Waals surface area contributed by atoms with Crippen LogP contribution in [0.4, 0.5) is 0 Å². The first-order chi connectivity index (χ1) is 14.1. The summed E-state index contributed by atoms with van der Waals surface area (Å²) >= 11 is 0. The van der Waals surface area contributed by atoms with E-state index in [1.807, 2.05) is 0 Å². The van der Waals surface area contributed by atoms with Crippen LogP contribution >= 0.6 is 0 Å². The summed E-state index contributed by atoms with van der Waals surface area (Å²) in [5.74, 6) is -0.813. The first-order valence-electron chi connectivity index (χ1n) is 8.66. The highest BCUT2D eigenvalue weighted by molar-refractivity contribution is 7.86. The highest BCUT2D eigenvalue weighted by Crippen LogP contribution is 2.39. The lowest BCUT2D eigenvalue weighted by Gasteiger charge is -2.25. The molecule has 0 spiro atoms. The standard InChI is InChI=1S/C16H20N4O9S/c1-8(21)26-5-10-12(29-30(4,23)24)13(27-9(2)22)16(28-10)20-7-19-14-11(15(20)25-3)17-6-18-14/h6-7,10,12-13,16H,5H2,1-4H3/t10-,12+,13-,16-/m1/s1. The normalized spacial score (nSPS) is 24.0. The number of carbonyl (C=O) groups is 2. The van der Waals surface area contributed by atoms with Crippen molar-refractivity contribution in [3.05, 3.63) is 12.7 Å². The molecule has 1 saturated heterocycles. The Morgan fingerprint density at radius 1 is 1.17 bits per heavy atom. The van der Waals surface area contributed by atoms with E-state index in [9.17, 15) is 18.0 Å². The van der Waals surface area contributed by atoms with Crippen LogP contribution in [0, 0.1) is 0 Å². The van der Waals surface area contributed by atoms with E-state index < -0.39 is 46.6 Å². The molecule has 13 nitrogen and oxygen atoms in total. The van der Waals surface area contributed by atoms with Crippen LogP contribution in [0.5, 0.6) is 5.88 Å². The van der Waals surface area contributed by atoms with Gasteiger partial charge in [0.25, 0.3) is 10.1 Å². The molecule has 0 aromatic carbocycles. The molecule has 0 amide bonds. The van der Waals surface area contributed by atoms with Crippen LogP contribution in [-0.2, 0) is 38.1 Å². The number of hydrogen-bond acceptors (Lipinski definition) is 12. The minimum Gasteiger partial charge on any atom is -0.480 e. The SMILES string of the molecule is COc1c2ncnc-2ncn1[C@@H]1O[C@H](COC(C)=O)[C@H](OS(C)(=O)=O)[C@H]1OC(C)=O. The molecule has 0 saturated carbocycles.